The van der Waals surface area contributed by atoms with Crippen molar-refractivity contribution in [2.45, 2.75) is 28.2 Å². The van der Waals surface area contributed by atoms with Gasteiger partial charge in [0.15, 0.2) is 0 Å². The van der Waals surface area contributed by atoms with Gasteiger partial charge in [-0.15, -0.1) is 0 Å². The lowest BCUT2D eigenvalue weighted by Gasteiger charge is -1.90. The molecule has 1 aromatic carbocycles. The Morgan fingerprint density at radius 1 is 1.08 bits per heavy atom. The number of H-pyrrole nitrogens is 1. The molecular weight excluding hydrogens is 158 g/mol. The van der Waals surface area contributed by atoms with E-state index in [4.69, 9.17) is 0 Å². The molecule has 0 aliphatic rings. The van der Waals surface area contributed by atoms with E-state index in [0.717, 1.165) is 0 Å². The molecule has 1 aromatic heterocycles. The Morgan fingerprint density at radius 3 is 2.46 bits per heavy atom. The van der Waals surface area contributed by atoms with Crippen molar-refractivity contribution in [1.29, 1.82) is 0 Å². The van der Waals surface area contributed by atoms with Crippen molar-refractivity contribution in [2.24, 2.45) is 0 Å². The number of aromatic amines is 1. The molecule has 2 rings (SSSR count). The second-order valence-electron chi connectivity index (χ2n) is 2.57. The first-order chi connectivity index (χ1) is 5.86. The molecule has 1 heteroatoms. The molecule has 0 unspecified atom stereocenters. The average molecular weight is 177 g/mol. The Balaban J connectivity index is 0.000000451. The Labute approximate surface area is 80.8 Å². The van der Waals surface area contributed by atoms with Gasteiger partial charge < -0.3 is 4.98 Å². The largest absolute Gasteiger partial charge is 0.361 e. The first-order valence-electron chi connectivity index (χ1n) is 4.40. The Bertz CT molecular complexity index is 347. The van der Waals surface area contributed by atoms with E-state index in [1.807, 2.05) is 20.0 Å². The van der Waals surface area contributed by atoms with E-state index < -0.39 is 0 Å². The Kier molecular flexibility index (Phi) is 4.90. The maximum Gasteiger partial charge on any atom is 0.0456 e. The lowest BCUT2D eigenvalue weighted by Crippen LogP contribution is -1.70. The second kappa shape index (κ2) is 5.41. The summed E-state index contributed by atoms with van der Waals surface area (Å²) in [6.07, 6.45) is 1.96. The van der Waals surface area contributed by atoms with E-state index in [-0.39, 0.29) is 7.43 Å². The van der Waals surface area contributed by atoms with Crippen LogP contribution in [-0.2, 0) is 0 Å². The predicted octanol–water partition coefficient (Wildman–Crippen LogP) is 4.14. The molecule has 0 fully saturated rings. The van der Waals surface area contributed by atoms with E-state index in [0.29, 0.717) is 0 Å². The van der Waals surface area contributed by atoms with Gasteiger partial charge >= 0.3 is 0 Å². The second-order valence-corrected chi connectivity index (χ2v) is 2.57. The average Bonchev–Trinajstić information content (AvgIpc) is 2.54. The summed E-state index contributed by atoms with van der Waals surface area (Å²) in [5, 5.41) is 1.28. The van der Waals surface area contributed by atoms with Crippen molar-refractivity contribution in [3.63, 3.8) is 0 Å². The molecule has 1 heterocycles. The van der Waals surface area contributed by atoms with Crippen LogP contribution in [0.2, 0.25) is 0 Å². The Morgan fingerprint density at radius 2 is 1.77 bits per heavy atom. The lowest BCUT2D eigenvalue weighted by atomic mass is 10.2. The van der Waals surface area contributed by atoms with Crippen LogP contribution < -0.4 is 0 Å². The van der Waals surface area contributed by atoms with Gasteiger partial charge in [-0.3, -0.25) is 0 Å². The highest BCUT2D eigenvalue weighted by molar-refractivity contribution is 5.79. The summed E-state index contributed by atoms with van der Waals surface area (Å²) >= 11 is 0. The smallest absolute Gasteiger partial charge is 0.0456 e. The normalized spacial score (nSPS) is 8.54. The van der Waals surface area contributed by atoms with Gasteiger partial charge in [0.2, 0.25) is 0 Å². The molecule has 0 radical (unpaired) electrons. The van der Waals surface area contributed by atoms with Gasteiger partial charge in [-0.1, -0.05) is 33.4 Å². The van der Waals surface area contributed by atoms with Gasteiger partial charge in [0, 0.05) is 11.7 Å². The highest BCUT2D eigenvalue weighted by Gasteiger charge is 1.90. The standard InChI is InChI=1S/C9H9N.C2H6.CH4/c1-7-2-3-8-4-5-10-9(8)6-7;1-2;/h2-6,10H,1H3;1-2H3;1H4. The molecule has 0 saturated heterocycles. The number of fused-ring (bicyclic) bond motifs is 1. The van der Waals surface area contributed by atoms with Crippen LogP contribution in [0, 0.1) is 6.92 Å². The number of benzene rings is 1. The Hall–Kier alpha value is -1.24. The minimum Gasteiger partial charge on any atom is -0.361 e. The van der Waals surface area contributed by atoms with Crippen molar-refractivity contribution in [3.05, 3.63) is 36.0 Å². The van der Waals surface area contributed by atoms with Gasteiger partial charge in [0.1, 0.15) is 0 Å². The first kappa shape index (κ1) is 11.8. The number of nitrogens with one attached hydrogen (secondary N) is 1. The van der Waals surface area contributed by atoms with E-state index in [2.05, 4.69) is 36.2 Å². The van der Waals surface area contributed by atoms with Gasteiger partial charge in [-0.25, -0.2) is 0 Å². The van der Waals surface area contributed by atoms with Crippen LogP contribution in [0.25, 0.3) is 10.9 Å². The molecule has 1 N–H and O–H groups in total. The molecule has 1 nitrogen and oxygen atoms in total. The van der Waals surface area contributed by atoms with Gasteiger partial charge in [-0.2, -0.15) is 0 Å². The zero-order valence-electron chi connectivity index (χ0n) is 7.89. The molecule has 0 amide bonds. The highest BCUT2D eigenvalue weighted by atomic mass is 14.7. The van der Waals surface area contributed by atoms with Crippen molar-refractivity contribution in [2.75, 3.05) is 0 Å². The molecule has 0 aliphatic carbocycles. The first-order valence-corrected chi connectivity index (χ1v) is 4.40. The van der Waals surface area contributed by atoms with E-state index >= 15 is 0 Å². The summed E-state index contributed by atoms with van der Waals surface area (Å²) in [6, 6.07) is 8.47. The van der Waals surface area contributed by atoms with Crippen LogP contribution >= 0.6 is 0 Å². The fourth-order valence-corrected chi connectivity index (χ4v) is 1.16. The van der Waals surface area contributed by atoms with Crippen LogP contribution in [0.15, 0.2) is 30.5 Å². The third-order valence-corrected chi connectivity index (χ3v) is 1.71. The molecular formula is C12H19N. The van der Waals surface area contributed by atoms with Crippen molar-refractivity contribution in [1.82, 2.24) is 4.98 Å². The third-order valence-electron chi connectivity index (χ3n) is 1.71. The van der Waals surface area contributed by atoms with E-state index in [1.165, 1.54) is 16.5 Å². The summed E-state index contributed by atoms with van der Waals surface area (Å²) in [5.74, 6) is 0. The summed E-state index contributed by atoms with van der Waals surface area (Å²) in [7, 11) is 0. The fraction of sp³-hybridized carbons (Fsp3) is 0.333. The molecule has 13 heavy (non-hydrogen) atoms. The van der Waals surface area contributed by atoms with Crippen LogP contribution in [0.4, 0.5) is 0 Å². The predicted molar refractivity (Wildman–Crippen MR) is 61.1 cm³/mol. The van der Waals surface area contributed by atoms with Crippen molar-refractivity contribution < 1.29 is 0 Å². The molecule has 0 atom stereocenters. The van der Waals surface area contributed by atoms with Crippen molar-refractivity contribution in [3.8, 4) is 0 Å². The number of aromatic nitrogens is 1. The number of hydrogen-bond donors (Lipinski definition) is 1. The lowest BCUT2D eigenvalue weighted by molar-refractivity contribution is 1.44. The van der Waals surface area contributed by atoms with Gasteiger partial charge in [0.05, 0.1) is 0 Å². The monoisotopic (exact) mass is 177 g/mol. The minimum absolute atomic E-state index is 0. The van der Waals surface area contributed by atoms with Gasteiger partial charge in [-0.05, 0) is 30.0 Å². The SMILES string of the molecule is C.CC.Cc1ccc2cc[nH]c2c1. The van der Waals surface area contributed by atoms with Crippen LogP contribution in [0.5, 0.6) is 0 Å². The molecule has 0 saturated carbocycles. The van der Waals surface area contributed by atoms with Crippen LogP contribution in [-0.4, -0.2) is 4.98 Å². The number of aryl methyl sites for hydroxylation is 1. The van der Waals surface area contributed by atoms with Crippen LogP contribution in [0.1, 0.15) is 26.8 Å². The topological polar surface area (TPSA) is 15.8 Å². The number of rotatable bonds is 0. The summed E-state index contributed by atoms with van der Waals surface area (Å²) in [6.45, 7) is 6.10. The zero-order valence-corrected chi connectivity index (χ0v) is 7.89. The van der Waals surface area contributed by atoms with Gasteiger partial charge in [0.25, 0.3) is 0 Å². The molecule has 0 aliphatic heterocycles. The third kappa shape index (κ3) is 2.62. The highest BCUT2D eigenvalue weighted by Crippen LogP contribution is 2.12. The number of hydrogen-bond acceptors (Lipinski definition) is 0. The van der Waals surface area contributed by atoms with E-state index in [1.54, 1.807) is 0 Å². The summed E-state index contributed by atoms with van der Waals surface area (Å²) < 4.78 is 0. The minimum atomic E-state index is 0. The summed E-state index contributed by atoms with van der Waals surface area (Å²) in [4.78, 5) is 3.16. The van der Waals surface area contributed by atoms with Crippen LogP contribution in [0.3, 0.4) is 0 Å². The quantitative estimate of drug-likeness (QED) is 0.622. The molecule has 2 aromatic rings. The molecule has 0 bridgehead atoms. The molecule has 0 spiro atoms. The fourth-order valence-electron chi connectivity index (χ4n) is 1.16. The maximum absolute atomic E-state index is 3.16. The summed E-state index contributed by atoms with van der Waals surface area (Å²) in [5.41, 5.74) is 2.52. The van der Waals surface area contributed by atoms with Crippen molar-refractivity contribution >= 4 is 10.9 Å². The zero-order chi connectivity index (χ0) is 8.97. The maximum atomic E-state index is 3.16. The van der Waals surface area contributed by atoms with E-state index in [9.17, 15) is 0 Å². The molecule has 72 valence electrons.